The summed E-state index contributed by atoms with van der Waals surface area (Å²) in [5.74, 6) is 0.639. The normalized spacial score (nSPS) is 15.1. The first-order valence-electron chi connectivity index (χ1n) is 9.00. The highest BCUT2D eigenvalue weighted by atomic mass is 79.9. The van der Waals surface area contributed by atoms with Crippen molar-refractivity contribution in [2.75, 3.05) is 4.90 Å². The van der Waals surface area contributed by atoms with Gasteiger partial charge in [0.25, 0.3) is 5.91 Å². The Morgan fingerprint density at radius 1 is 1.00 bits per heavy atom. The van der Waals surface area contributed by atoms with Crippen LogP contribution in [0.5, 0.6) is 5.75 Å². The molecule has 0 aromatic heterocycles. The largest absolute Gasteiger partial charge is 0.489 e. The minimum atomic E-state index is -0.115. The second kappa shape index (κ2) is 9.35. The molecule has 0 N–H and O–H groups in total. The van der Waals surface area contributed by atoms with Crippen molar-refractivity contribution in [1.82, 2.24) is 0 Å². The first-order chi connectivity index (χ1) is 14.5. The fourth-order valence-electron chi connectivity index (χ4n) is 2.84. The molecule has 0 radical (unpaired) electrons. The zero-order valence-electron chi connectivity index (χ0n) is 15.5. The summed E-state index contributed by atoms with van der Waals surface area (Å²) in [6.45, 7) is 0.461. The van der Waals surface area contributed by atoms with Crippen LogP contribution in [0.2, 0.25) is 5.02 Å². The maximum Gasteiger partial charge on any atom is 0.270 e. The van der Waals surface area contributed by atoms with Crippen molar-refractivity contribution in [2.24, 2.45) is 0 Å². The van der Waals surface area contributed by atoms with Gasteiger partial charge in [0.05, 0.1) is 10.6 Å². The SMILES string of the molecule is O=C1/C(=C\c2ccc(OCc3ccc(Cl)cc3)cc2)SC(=S)N1c1ccc(Br)cc1. The van der Waals surface area contributed by atoms with Crippen LogP contribution in [0.4, 0.5) is 5.69 Å². The maximum absolute atomic E-state index is 12.9. The van der Waals surface area contributed by atoms with Crippen molar-refractivity contribution in [3.05, 3.63) is 98.3 Å². The Hall–Kier alpha value is -2.12. The van der Waals surface area contributed by atoms with Crippen LogP contribution in [-0.2, 0) is 11.4 Å². The van der Waals surface area contributed by atoms with Gasteiger partial charge in [-0.1, -0.05) is 75.8 Å². The summed E-state index contributed by atoms with van der Waals surface area (Å²) in [4.78, 5) is 15.0. The third-order valence-corrected chi connectivity index (χ3v) is 6.46. The molecule has 0 spiro atoms. The Morgan fingerprint density at radius 3 is 2.33 bits per heavy atom. The number of rotatable bonds is 5. The molecule has 7 heteroatoms. The predicted octanol–water partition coefficient (Wildman–Crippen LogP) is 7.09. The number of halogens is 2. The van der Waals surface area contributed by atoms with E-state index in [0.717, 1.165) is 27.0 Å². The molecular weight excluding hydrogens is 502 g/mol. The molecule has 0 saturated carbocycles. The van der Waals surface area contributed by atoms with E-state index in [4.69, 9.17) is 28.6 Å². The van der Waals surface area contributed by atoms with Gasteiger partial charge in [0, 0.05) is 9.50 Å². The van der Waals surface area contributed by atoms with Gasteiger partial charge in [-0.15, -0.1) is 0 Å². The number of hydrogen-bond donors (Lipinski definition) is 0. The zero-order chi connectivity index (χ0) is 21.1. The second-order valence-corrected chi connectivity index (χ2v) is 9.51. The average molecular weight is 517 g/mol. The summed E-state index contributed by atoms with van der Waals surface area (Å²) in [6, 6.07) is 22.7. The summed E-state index contributed by atoms with van der Waals surface area (Å²) in [5.41, 5.74) is 2.71. The molecule has 1 saturated heterocycles. The standard InChI is InChI=1S/C23H15BrClNO2S2/c24-17-5-9-19(10-6-17)26-22(27)21(30-23(26)29)13-15-3-11-20(12-4-15)28-14-16-1-7-18(25)8-2-16/h1-13H,14H2/b21-13+. The Bertz CT molecular complexity index is 1110. The van der Waals surface area contributed by atoms with Gasteiger partial charge in [-0.25, -0.2) is 0 Å². The molecule has 3 aromatic rings. The minimum Gasteiger partial charge on any atom is -0.489 e. The van der Waals surface area contributed by atoms with Gasteiger partial charge in [-0.2, -0.15) is 0 Å². The van der Waals surface area contributed by atoms with Gasteiger partial charge in [0.15, 0.2) is 4.32 Å². The average Bonchev–Trinajstić information content (AvgIpc) is 3.02. The molecule has 0 unspecified atom stereocenters. The monoisotopic (exact) mass is 515 g/mol. The Balaban J connectivity index is 1.44. The molecule has 0 aliphatic carbocycles. The van der Waals surface area contributed by atoms with Crippen molar-refractivity contribution in [3.63, 3.8) is 0 Å². The summed E-state index contributed by atoms with van der Waals surface area (Å²) >= 11 is 16.0. The molecule has 0 bridgehead atoms. The highest BCUT2D eigenvalue weighted by molar-refractivity contribution is 9.10. The number of thioether (sulfide) groups is 1. The Kier molecular flexibility index (Phi) is 6.58. The third-order valence-electron chi connectivity index (χ3n) is 4.38. The fraction of sp³-hybridized carbons (Fsp3) is 0.0435. The van der Waals surface area contributed by atoms with Crippen molar-refractivity contribution < 1.29 is 9.53 Å². The van der Waals surface area contributed by atoms with Gasteiger partial charge in [-0.05, 0) is 65.7 Å². The van der Waals surface area contributed by atoms with E-state index >= 15 is 0 Å². The first-order valence-corrected chi connectivity index (χ1v) is 11.4. The molecular formula is C23H15BrClNO2S2. The van der Waals surface area contributed by atoms with E-state index in [-0.39, 0.29) is 5.91 Å². The number of hydrogen-bond acceptors (Lipinski definition) is 4. The smallest absolute Gasteiger partial charge is 0.270 e. The van der Waals surface area contributed by atoms with E-state index < -0.39 is 0 Å². The minimum absolute atomic E-state index is 0.115. The van der Waals surface area contributed by atoms with E-state index in [1.807, 2.05) is 78.9 Å². The number of carbonyl (C=O) groups is 1. The lowest BCUT2D eigenvalue weighted by molar-refractivity contribution is -0.113. The molecule has 1 amide bonds. The highest BCUT2D eigenvalue weighted by Crippen LogP contribution is 2.36. The van der Waals surface area contributed by atoms with Crippen LogP contribution in [0, 0.1) is 0 Å². The van der Waals surface area contributed by atoms with E-state index in [1.54, 1.807) is 4.90 Å². The van der Waals surface area contributed by atoms with Crippen LogP contribution >= 0.6 is 51.5 Å². The lowest BCUT2D eigenvalue weighted by Crippen LogP contribution is -2.27. The second-order valence-electron chi connectivity index (χ2n) is 6.48. The number of carbonyl (C=O) groups excluding carboxylic acids is 1. The quantitative estimate of drug-likeness (QED) is 0.267. The van der Waals surface area contributed by atoms with Gasteiger partial charge < -0.3 is 4.74 Å². The van der Waals surface area contributed by atoms with Gasteiger partial charge in [-0.3, -0.25) is 9.69 Å². The summed E-state index contributed by atoms with van der Waals surface area (Å²) in [6.07, 6.45) is 1.85. The number of amides is 1. The van der Waals surface area contributed by atoms with Crippen LogP contribution in [0.25, 0.3) is 6.08 Å². The molecule has 0 atom stereocenters. The van der Waals surface area contributed by atoms with Gasteiger partial charge >= 0.3 is 0 Å². The van der Waals surface area contributed by atoms with E-state index in [2.05, 4.69) is 15.9 Å². The Morgan fingerprint density at radius 2 is 1.67 bits per heavy atom. The molecule has 150 valence electrons. The molecule has 3 aromatic carbocycles. The predicted molar refractivity (Wildman–Crippen MR) is 132 cm³/mol. The number of anilines is 1. The molecule has 1 aliphatic rings. The van der Waals surface area contributed by atoms with Crippen molar-refractivity contribution in [2.45, 2.75) is 6.61 Å². The fourth-order valence-corrected chi connectivity index (χ4v) is 4.53. The molecule has 30 heavy (non-hydrogen) atoms. The summed E-state index contributed by atoms with van der Waals surface area (Å²) < 4.78 is 7.28. The first kappa shape index (κ1) is 21.1. The summed E-state index contributed by atoms with van der Waals surface area (Å²) in [5, 5.41) is 0.702. The molecule has 1 fully saturated rings. The van der Waals surface area contributed by atoms with Crippen LogP contribution in [0.3, 0.4) is 0 Å². The van der Waals surface area contributed by atoms with Crippen LogP contribution in [0.15, 0.2) is 82.2 Å². The summed E-state index contributed by atoms with van der Waals surface area (Å²) in [7, 11) is 0. The van der Waals surface area contributed by atoms with Crippen molar-refractivity contribution in [1.29, 1.82) is 0 Å². The van der Waals surface area contributed by atoms with Crippen molar-refractivity contribution >= 4 is 73.5 Å². The van der Waals surface area contributed by atoms with Gasteiger partial charge in [0.2, 0.25) is 0 Å². The number of thiocarbonyl (C=S) groups is 1. The van der Waals surface area contributed by atoms with Gasteiger partial charge in [0.1, 0.15) is 12.4 Å². The third kappa shape index (κ3) is 4.95. The highest BCUT2D eigenvalue weighted by Gasteiger charge is 2.33. The van der Waals surface area contributed by atoms with Crippen LogP contribution in [0.1, 0.15) is 11.1 Å². The van der Waals surface area contributed by atoms with E-state index in [9.17, 15) is 4.79 Å². The zero-order valence-corrected chi connectivity index (χ0v) is 19.5. The number of ether oxygens (including phenoxy) is 1. The lowest BCUT2D eigenvalue weighted by Gasteiger charge is -2.14. The molecule has 4 rings (SSSR count). The number of benzene rings is 3. The van der Waals surface area contributed by atoms with E-state index in [0.29, 0.717) is 20.9 Å². The van der Waals surface area contributed by atoms with E-state index in [1.165, 1.54) is 11.8 Å². The van der Waals surface area contributed by atoms with Crippen molar-refractivity contribution in [3.8, 4) is 5.75 Å². The molecule has 3 nitrogen and oxygen atoms in total. The maximum atomic E-state index is 12.9. The molecule has 1 heterocycles. The van der Waals surface area contributed by atoms with Crippen LogP contribution in [-0.4, -0.2) is 10.2 Å². The lowest BCUT2D eigenvalue weighted by atomic mass is 10.2. The molecule has 1 aliphatic heterocycles. The Labute approximate surface area is 197 Å². The van der Waals surface area contributed by atoms with Crippen LogP contribution < -0.4 is 9.64 Å². The topological polar surface area (TPSA) is 29.5 Å². The number of nitrogens with zero attached hydrogens (tertiary/aromatic N) is 1.